The summed E-state index contributed by atoms with van der Waals surface area (Å²) in [6, 6.07) is 7.09. The minimum atomic E-state index is -0.500. The molecule has 5 nitrogen and oxygen atoms in total. The number of esters is 1. The van der Waals surface area contributed by atoms with E-state index in [9.17, 15) is 10.1 Å². The number of carbonyl (C=O) groups is 1. The van der Waals surface area contributed by atoms with Crippen LogP contribution in [0.4, 0.5) is 0 Å². The molecule has 5 heteroatoms. The maximum atomic E-state index is 11.9. The molecule has 0 N–H and O–H groups in total. The second-order valence-electron chi connectivity index (χ2n) is 5.67. The van der Waals surface area contributed by atoms with Gasteiger partial charge >= 0.3 is 5.97 Å². The van der Waals surface area contributed by atoms with Gasteiger partial charge in [-0.05, 0) is 30.2 Å². The zero-order valence-corrected chi connectivity index (χ0v) is 15.3. The summed E-state index contributed by atoms with van der Waals surface area (Å²) in [6.07, 6.45) is 7.97. The first-order valence-corrected chi connectivity index (χ1v) is 8.67. The molecule has 1 aromatic carbocycles. The summed E-state index contributed by atoms with van der Waals surface area (Å²) in [5, 5.41) is 9.31. The first-order chi connectivity index (χ1) is 12.2. The third kappa shape index (κ3) is 7.30. The largest absolute Gasteiger partial charge is 0.493 e. The summed E-state index contributed by atoms with van der Waals surface area (Å²) in [6.45, 7) is 2.56. The molecular weight excluding hydrogens is 318 g/mol. The zero-order valence-electron chi connectivity index (χ0n) is 15.3. The molecule has 136 valence electrons. The highest BCUT2D eigenvalue weighted by atomic mass is 16.5. The smallest absolute Gasteiger partial charge is 0.332 e. The molecule has 25 heavy (non-hydrogen) atoms. The minimum Gasteiger partial charge on any atom is -0.493 e. The molecular formula is C20H27NO4. The van der Waals surface area contributed by atoms with Crippen LogP contribution < -0.4 is 9.47 Å². The van der Waals surface area contributed by atoms with E-state index in [-0.39, 0.29) is 5.57 Å². The highest BCUT2D eigenvalue weighted by Crippen LogP contribution is 2.30. The molecule has 0 aliphatic carbocycles. The highest BCUT2D eigenvalue weighted by molar-refractivity contribution is 5.95. The van der Waals surface area contributed by atoms with Gasteiger partial charge < -0.3 is 14.2 Å². The summed E-state index contributed by atoms with van der Waals surface area (Å²) >= 11 is 0. The van der Waals surface area contributed by atoms with Crippen LogP contribution in [0.15, 0.2) is 24.3 Å². The van der Waals surface area contributed by atoms with Gasteiger partial charge in [-0.3, -0.25) is 0 Å². The number of rotatable bonds is 11. The van der Waals surface area contributed by atoms with Gasteiger partial charge in [0, 0.05) is 6.08 Å². The Kier molecular flexibility index (Phi) is 9.84. The average molecular weight is 345 g/mol. The Labute approximate surface area is 150 Å². The van der Waals surface area contributed by atoms with Crippen molar-refractivity contribution in [2.45, 2.75) is 45.4 Å². The van der Waals surface area contributed by atoms with E-state index in [4.69, 9.17) is 14.2 Å². The fourth-order valence-electron chi connectivity index (χ4n) is 2.40. The van der Waals surface area contributed by atoms with Crippen LogP contribution in [-0.2, 0) is 9.53 Å². The Bertz CT molecular complexity index is 617. The van der Waals surface area contributed by atoms with Crippen molar-refractivity contribution < 1.29 is 19.0 Å². The van der Waals surface area contributed by atoms with Gasteiger partial charge in [0.25, 0.3) is 0 Å². The molecule has 0 saturated carbocycles. The molecule has 0 atom stereocenters. The number of hydrogen-bond acceptors (Lipinski definition) is 5. The van der Waals surface area contributed by atoms with Crippen LogP contribution in [0.3, 0.4) is 0 Å². The van der Waals surface area contributed by atoms with Gasteiger partial charge in [-0.1, -0.05) is 39.0 Å². The summed E-state index contributed by atoms with van der Waals surface area (Å²) in [4.78, 5) is 11.9. The van der Waals surface area contributed by atoms with Crippen molar-refractivity contribution in [3.63, 3.8) is 0 Å². The quantitative estimate of drug-likeness (QED) is 0.255. The van der Waals surface area contributed by atoms with Crippen molar-refractivity contribution >= 4 is 11.5 Å². The Morgan fingerprint density at radius 1 is 1.08 bits per heavy atom. The number of ether oxygens (including phenoxy) is 3. The summed E-state index contributed by atoms with van der Waals surface area (Å²) in [5.41, 5.74) is 0.811. The molecule has 0 radical (unpaired) electrons. The number of carbonyl (C=O) groups excluding carboxylic acids is 1. The molecule has 0 unspecified atom stereocenters. The fourth-order valence-corrected chi connectivity index (χ4v) is 2.40. The van der Waals surface area contributed by atoms with Crippen LogP contribution in [0.2, 0.25) is 0 Å². The topological polar surface area (TPSA) is 68.6 Å². The lowest BCUT2D eigenvalue weighted by Gasteiger charge is -2.09. The van der Waals surface area contributed by atoms with Gasteiger partial charge in [-0.2, -0.15) is 5.26 Å². The maximum Gasteiger partial charge on any atom is 0.332 e. The van der Waals surface area contributed by atoms with Gasteiger partial charge in [0.1, 0.15) is 6.07 Å². The van der Waals surface area contributed by atoms with Gasteiger partial charge in [-0.15, -0.1) is 0 Å². The van der Waals surface area contributed by atoms with E-state index in [2.05, 4.69) is 6.92 Å². The van der Waals surface area contributed by atoms with E-state index in [1.54, 1.807) is 18.2 Å². The molecule has 0 bridgehead atoms. The Hall–Kier alpha value is -2.48. The number of unbranched alkanes of at least 4 members (excludes halogenated alkanes) is 5. The molecule has 0 aromatic heterocycles. The number of methoxy groups -OCH3 is 2. The fraction of sp³-hybridized carbons (Fsp3) is 0.500. The lowest BCUT2D eigenvalue weighted by atomic mass is 10.1. The predicted molar refractivity (Wildman–Crippen MR) is 97.5 cm³/mol. The lowest BCUT2D eigenvalue weighted by molar-refractivity contribution is -0.137. The molecule has 0 saturated heterocycles. The van der Waals surface area contributed by atoms with Crippen LogP contribution in [-0.4, -0.2) is 26.8 Å². The molecule has 1 aromatic rings. The molecule has 1 rings (SSSR count). The maximum absolute atomic E-state index is 11.9. The summed E-state index contributed by atoms with van der Waals surface area (Å²) in [5.74, 6) is 0.565. The number of nitriles is 1. The normalized spacial score (nSPS) is 10.9. The number of allylic oxidation sites excluding steroid dienone is 1. The van der Waals surface area contributed by atoms with Gasteiger partial charge in [0.05, 0.1) is 26.4 Å². The van der Waals surface area contributed by atoms with Gasteiger partial charge in [0.15, 0.2) is 11.5 Å². The van der Waals surface area contributed by atoms with Crippen molar-refractivity contribution in [2.24, 2.45) is 0 Å². The standard InChI is InChI=1S/C20H27NO4/c1-4-5-6-7-8-9-12-25-20(22)14-17(15-21)16-10-11-18(23-2)19(13-16)24-3/h10-11,13-14H,4-9,12H2,1-3H3. The van der Waals surface area contributed by atoms with E-state index in [1.807, 2.05) is 6.07 Å². The summed E-state index contributed by atoms with van der Waals surface area (Å²) in [7, 11) is 3.06. The Morgan fingerprint density at radius 2 is 1.76 bits per heavy atom. The van der Waals surface area contributed by atoms with E-state index >= 15 is 0 Å². The summed E-state index contributed by atoms with van der Waals surface area (Å²) < 4.78 is 15.6. The molecule has 0 amide bonds. The zero-order chi connectivity index (χ0) is 18.5. The van der Waals surface area contributed by atoms with E-state index in [1.165, 1.54) is 39.6 Å². The van der Waals surface area contributed by atoms with Crippen molar-refractivity contribution in [3.05, 3.63) is 29.8 Å². The third-order valence-corrected chi connectivity index (χ3v) is 3.82. The lowest BCUT2D eigenvalue weighted by Crippen LogP contribution is -2.03. The van der Waals surface area contributed by atoms with Crippen molar-refractivity contribution in [3.8, 4) is 17.6 Å². The molecule has 0 fully saturated rings. The predicted octanol–water partition coefficient (Wildman–Crippen LogP) is 4.51. The number of benzene rings is 1. The van der Waals surface area contributed by atoms with Crippen LogP contribution in [0.25, 0.3) is 5.57 Å². The Balaban J connectivity index is 2.58. The van der Waals surface area contributed by atoms with Crippen LogP contribution >= 0.6 is 0 Å². The van der Waals surface area contributed by atoms with Crippen molar-refractivity contribution in [1.82, 2.24) is 0 Å². The number of nitrogens with zero attached hydrogens (tertiary/aromatic N) is 1. The van der Waals surface area contributed by atoms with E-state index in [0.717, 1.165) is 19.3 Å². The molecule has 0 heterocycles. The highest BCUT2D eigenvalue weighted by Gasteiger charge is 2.10. The first kappa shape index (κ1) is 20.6. The second-order valence-corrected chi connectivity index (χ2v) is 5.67. The molecule has 0 aliphatic rings. The number of hydrogen-bond donors (Lipinski definition) is 0. The van der Waals surface area contributed by atoms with Crippen LogP contribution in [0.1, 0.15) is 51.0 Å². The van der Waals surface area contributed by atoms with E-state index < -0.39 is 5.97 Å². The van der Waals surface area contributed by atoms with Gasteiger partial charge in [-0.25, -0.2) is 4.79 Å². The van der Waals surface area contributed by atoms with Gasteiger partial charge in [0.2, 0.25) is 0 Å². The van der Waals surface area contributed by atoms with Crippen molar-refractivity contribution in [2.75, 3.05) is 20.8 Å². The Morgan fingerprint density at radius 3 is 2.40 bits per heavy atom. The molecule has 0 spiro atoms. The molecule has 0 aliphatic heterocycles. The van der Waals surface area contributed by atoms with E-state index in [0.29, 0.717) is 23.7 Å². The first-order valence-electron chi connectivity index (χ1n) is 8.67. The SMILES string of the molecule is CCCCCCCCOC(=O)C=C(C#N)c1ccc(OC)c(OC)c1. The monoisotopic (exact) mass is 345 g/mol. The second kappa shape index (κ2) is 12.0. The van der Waals surface area contributed by atoms with Crippen LogP contribution in [0, 0.1) is 11.3 Å². The third-order valence-electron chi connectivity index (χ3n) is 3.82. The van der Waals surface area contributed by atoms with Crippen LogP contribution in [0.5, 0.6) is 11.5 Å². The minimum absolute atomic E-state index is 0.230. The van der Waals surface area contributed by atoms with Crippen molar-refractivity contribution in [1.29, 1.82) is 5.26 Å². The average Bonchev–Trinajstić information content (AvgIpc) is 2.64.